The van der Waals surface area contributed by atoms with E-state index in [4.69, 9.17) is 10.5 Å². The van der Waals surface area contributed by atoms with Gasteiger partial charge in [-0.3, -0.25) is 4.79 Å². The largest absolute Gasteiger partial charge is 0.493 e. The van der Waals surface area contributed by atoms with Gasteiger partial charge in [-0.1, -0.05) is 6.92 Å². The summed E-state index contributed by atoms with van der Waals surface area (Å²) in [6, 6.07) is 7.09. The number of carbonyl (C=O) groups is 1. The molecule has 0 aliphatic carbocycles. The smallest absolute Gasteiger partial charge is 0.229 e. The summed E-state index contributed by atoms with van der Waals surface area (Å²) in [5, 5.41) is 3.46. The third-order valence-corrected chi connectivity index (χ3v) is 3.88. The number of nitrogens with zero attached hydrogens (tertiary/aromatic N) is 1. The van der Waals surface area contributed by atoms with E-state index in [0.29, 0.717) is 23.2 Å². The highest BCUT2D eigenvalue weighted by Gasteiger charge is 2.09. The summed E-state index contributed by atoms with van der Waals surface area (Å²) < 4.78 is 5.49. The van der Waals surface area contributed by atoms with Crippen LogP contribution in [0.25, 0.3) is 0 Å². The molecule has 2 rings (SSSR count). The maximum atomic E-state index is 11.8. The van der Waals surface area contributed by atoms with Crippen LogP contribution in [0.1, 0.15) is 23.9 Å². The molecule has 0 spiro atoms. The molecule has 1 aromatic carbocycles. The molecule has 0 atom stereocenters. The molecule has 5 nitrogen and oxygen atoms in total. The number of anilines is 2. The van der Waals surface area contributed by atoms with Crippen molar-refractivity contribution in [1.82, 2.24) is 4.98 Å². The van der Waals surface area contributed by atoms with Gasteiger partial charge in [0.05, 0.1) is 18.7 Å². The lowest BCUT2D eigenvalue weighted by Crippen LogP contribution is -2.15. The molecule has 1 heterocycles. The molecule has 112 valence electrons. The number of hydrogen-bond acceptors (Lipinski definition) is 5. The lowest BCUT2D eigenvalue weighted by Gasteiger charge is -2.06. The predicted octanol–water partition coefficient (Wildman–Crippen LogP) is 3.00. The third kappa shape index (κ3) is 4.46. The summed E-state index contributed by atoms with van der Waals surface area (Å²) in [4.78, 5) is 17.3. The Morgan fingerprint density at radius 3 is 2.71 bits per heavy atom. The van der Waals surface area contributed by atoms with Crippen LogP contribution >= 0.6 is 11.3 Å². The van der Waals surface area contributed by atoms with Gasteiger partial charge in [0.15, 0.2) is 5.13 Å². The monoisotopic (exact) mass is 305 g/mol. The van der Waals surface area contributed by atoms with E-state index in [1.165, 1.54) is 11.3 Å². The molecule has 0 fully saturated rings. The molecule has 0 aliphatic rings. The van der Waals surface area contributed by atoms with Crippen LogP contribution in [0, 0.1) is 6.92 Å². The van der Waals surface area contributed by atoms with Crippen LogP contribution in [0.2, 0.25) is 0 Å². The Balaban J connectivity index is 1.78. The van der Waals surface area contributed by atoms with Gasteiger partial charge < -0.3 is 15.8 Å². The van der Waals surface area contributed by atoms with Crippen LogP contribution in [0.3, 0.4) is 0 Å². The van der Waals surface area contributed by atoms with E-state index in [0.717, 1.165) is 17.0 Å². The summed E-state index contributed by atoms with van der Waals surface area (Å²) >= 11 is 1.50. The number of aromatic nitrogens is 1. The number of benzene rings is 1. The zero-order valence-corrected chi connectivity index (χ0v) is 13.0. The summed E-state index contributed by atoms with van der Waals surface area (Å²) in [6.45, 7) is 4.38. The van der Waals surface area contributed by atoms with Gasteiger partial charge in [-0.2, -0.15) is 0 Å². The average molecular weight is 305 g/mol. The molecule has 1 aromatic heterocycles. The minimum absolute atomic E-state index is 0.0955. The van der Waals surface area contributed by atoms with Crippen LogP contribution < -0.4 is 15.8 Å². The second-order valence-corrected chi connectivity index (χ2v) is 5.79. The Morgan fingerprint density at radius 2 is 2.10 bits per heavy atom. The van der Waals surface area contributed by atoms with E-state index < -0.39 is 0 Å². The number of rotatable bonds is 6. The van der Waals surface area contributed by atoms with Gasteiger partial charge >= 0.3 is 0 Å². The van der Waals surface area contributed by atoms with Crippen molar-refractivity contribution in [3.05, 3.63) is 34.8 Å². The highest BCUT2D eigenvalue weighted by molar-refractivity contribution is 7.15. The number of amides is 1. The van der Waals surface area contributed by atoms with E-state index in [9.17, 15) is 4.79 Å². The van der Waals surface area contributed by atoms with Gasteiger partial charge in [0.1, 0.15) is 5.75 Å². The number of carbonyl (C=O) groups excluding carboxylic acids is 1. The summed E-state index contributed by atoms with van der Waals surface area (Å²) in [5.74, 6) is 0.609. The Kier molecular flexibility index (Phi) is 5.16. The van der Waals surface area contributed by atoms with Crippen molar-refractivity contribution in [2.24, 2.45) is 0 Å². The molecule has 0 bridgehead atoms. The molecule has 3 N–H and O–H groups in total. The molecule has 21 heavy (non-hydrogen) atoms. The average Bonchev–Trinajstić information content (AvgIpc) is 2.81. The van der Waals surface area contributed by atoms with Gasteiger partial charge in [0, 0.05) is 10.6 Å². The lowest BCUT2D eigenvalue weighted by molar-refractivity contribution is -0.116. The molecule has 0 saturated heterocycles. The summed E-state index contributed by atoms with van der Waals surface area (Å²) in [6.07, 6.45) is 1.16. The van der Waals surface area contributed by atoms with E-state index in [1.54, 1.807) is 24.3 Å². The minimum Gasteiger partial charge on any atom is -0.493 e. The van der Waals surface area contributed by atoms with Crippen LogP contribution in [0.5, 0.6) is 5.75 Å². The van der Waals surface area contributed by atoms with Crippen molar-refractivity contribution < 1.29 is 9.53 Å². The van der Waals surface area contributed by atoms with E-state index >= 15 is 0 Å². The first-order valence-corrected chi connectivity index (χ1v) is 7.64. The summed E-state index contributed by atoms with van der Waals surface area (Å²) in [7, 11) is 0. The highest BCUT2D eigenvalue weighted by Crippen LogP contribution is 2.22. The van der Waals surface area contributed by atoms with Crippen molar-refractivity contribution in [2.45, 2.75) is 26.7 Å². The lowest BCUT2D eigenvalue weighted by atomic mass is 10.3. The highest BCUT2D eigenvalue weighted by atomic mass is 32.1. The van der Waals surface area contributed by atoms with Crippen LogP contribution in [-0.2, 0) is 11.2 Å². The summed E-state index contributed by atoms with van der Waals surface area (Å²) in [5.41, 5.74) is 7.31. The predicted molar refractivity (Wildman–Crippen MR) is 85.8 cm³/mol. The van der Waals surface area contributed by atoms with Crippen LogP contribution in [0.4, 0.5) is 10.8 Å². The zero-order valence-electron chi connectivity index (χ0n) is 12.2. The first-order chi connectivity index (χ1) is 10.1. The fourth-order valence-electron chi connectivity index (χ4n) is 1.82. The number of thiazole rings is 1. The Morgan fingerprint density at radius 1 is 1.38 bits per heavy atom. The van der Waals surface area contributed by atoms with E-state index in [2.05, 4.69) is 10.3 Å². The number of nitrogen functional groups attached to an aromatic ring is 1. The molecule has 6 heteroatoms. The van der Waals surface area contributed by atoms with Crippen molar-refractivity contribution in [3.8, 4) is 5.75 Å². The number of nitrogens with one attached hydrogen (secondary N) is 1. The number of hydrogen-bond donors (Lipinski definition) is 2. The quantitative estimate of drug-likeness (QED) is 0.804. The second-order valence-electron chi connectivity index (χ2n) is 4.59. The fraction of sp³-hybridized carbons (Fsp3) is 0.333. The first kappa shape index (κ1) is 15.3. The number of aryl methyl sites for hydroxylation is 2. The standard InChI is InChI=1S/C15H19N3O2S/c1-3-13-10(2)21-15(17-13)18-14(19)8-9-20-12-6-4-11(16)5-7-12/h4-7H,3,8-9,16H2,1-2H3,(H,17,18,19). The van der Waals surface area contributed by atoms with Crippen molar-refractivity contribution in [3.63, 3.8) is 0 Å². The number of nitrogens with two attached hydrogens (primary N) is 1. The second kappa shape index (κ2) is 7.08. The van der Waals surface area contributed by atoms with Crippen molar-refractivity contribution in [2.75, 3.05) is 17.7 Å². The van der Waals surface area contributed by atoms with Crippen LogP contribution in [-0.4, -0.2) is 17.5 Å². The van der Waals surface area contributed by atoms with Crippen LogP contribution in [0.15, 0.2) is 24.3 Å². The molecule has 0 saturated carbocycles. The van der Waals surface area contributed by atoms with Gasteiger partial charge in [-0.15, -0.1) is 11.3 Å². The van der Waals surface area contributed by atoms with Gasteiger partial charge in [0.2, 0.25) is 5.91 Å². The Labute approximate surface area is 128 Å². The third-order valence-electron chi connectivity index (χ3n) is 2.95. The maximum absolute atomic E-state index is 11.8. The topological polar surface area (TPSA) is 77.2 Å². The normalized spacial score (nSPS) is 10.4. The van der Waals surface area contributed by atoms with E-state index in [1.807, 2.05) is 13.8 Å². The first-order valence-electron chi connectivity index (χ1n) is 6.83. The molecule has 0 radical (unpaired) electrons. The SMILES string of the molecule is CCc1nc(NC(=O)CCOc2ccc(N)cc2)sc1C. The molecule has 0 unspecified atom stereocenters. The minimum atomic E-state index is -0.0955. The van der Waals surface area contributed by atoms with Gasteiger partial charge in [-0.05, 0) is 37.6 Å². The van der Waals surface area contributed by atoms with Gasteiger partial charge in [-0.25, -0.2) is 4.98 Å². The Bertz CT molecular complexity index is 608. The Hall–Kier alpha value is -2.08. The molecule has 0 aliphatic heterocycles. The molecule has 2 aromatic rings. The van der Waals surface area contributed by atoms with Gasteiger partial charge in [0.25, 0.3) is 0 Å². The van der Waals surface area contributed by atoms with Crippen molar-refractivity contribution in [1.29, 1.82) is 0 Å². The maximum Gasteiger partial charge on any atom is 0.229 e. The number of ether oxygens (including phenoxy) is 1. The molecule has 1 amide bonds. The molecular weight excluding hydrogens is 286 g/mol. The fourth-order valence-corrected chi connectivity index (χ4v) is 2.74. The molecular formula is C15H19N3O2S. The van der Waals surface area contributed by atoms with Crippen molar-refractivity contribution >= 4 is 28.1 Å². The van der Waals surface area contributed by atoms with E-state index in [-0.39, 0.29) is 12.3 Å². The zero-order chi connectivity index (χ0) is 15.2.